The van der Waals surface area contributed by atoms with Gasteiger partial charge in [0.05, 0.1) is 12.5 Å². The highest BCUT2D eigenvalue weighted by atomic mass is 16.5. The van der Waals surface area contributed by atoms with Gasteiger partial charge in [-0.25, -0.2) is 0 Å². The maximum Gasteiger partial charge on any atom is 0.221 e. The molecule has 1 aliphatic heterocycles. The fourth-order valence-electron chi connectivity index (χ4n) is 2.62. The third-order valence-corrected chi connectivity index (χ3v) is 3.66. The van der Waals surface area contributed by atoms with E-state index < -0.39 is 0 Å². The van der Waals surface area contributed by atoms with E-state index >= 15 is 0 Å². The summed E-state index contributed by atoms with van der Waals surface area (Å²) in [4.78, 5) is 13.4. The first-order valence-electron chi connectivity index (χ1n) is 7.06. The van der Waals surface area contributed by atoms with Crippen molar-refractivity contribution in [3.8, 4) is 11.5 Å². The standard InChI is InChI=1S/C15H22N2O3/c1-2-20-13-5-6-14(18)12(8-13)10-17-7-3-4-11(9-17)15(16)19/h5-6,8,11,18H,2-4,7,9-10H2,1H3,(H2,16,19)/t11-/m0/s1. The molecule has 1 fully saturated rings. The Bertz CT molecular complexity index is 476. The summed E-state index contributed by atoms with van der Waals surface area (Å²) in [5.41, 5.74) is 6.20. The summed E-state index contributed by atoms with van der Waals surface area (Å²) in [6.07, 6.45) is 1.82. The lowest BCUT2D eigenvalue weighted by Gasteiger charge is -2.31. The van der Waals surface area contributed by atoms with E-state index in [9.17, 15) is 9.90 Å². The quantitative estimate of drug-likeness (QED) is 0.855. The van der Waals surface area contributed by atoms with Crippen LogP contribution in [0.4, 0.5) is 0 Å². The minimum absolute atomic E-state index is 0.0824. The number of phenolic OH excluding ortho intramolecular Hbond substituents is 1. The first kappa shape index (κ1) is 14.7. The lowest BCUT2D eigenvalue weighted by atomic mass is 9.97. The third-order valence-electron chi connectivity index (χ3n) is 3.66. The second-order valence-corrected chi connectivity index (χ2v) is 5.20. The molecule has 1 atom stereocenters. The molecule has 110 valence electrons. The largest absolute Gasteiger partial charge is 0.508 e. The minimum atomic E-state index is -0.234. The predicted octanol–water partition coefficient (Wildman–Crippen LogP) is 1.49. The number of benzene rings is 1. The highest BCUT2D eigenvalue weighted by molar-refractivity contribution is 5.76. The molecule has 0 bridgehead atoms. The van der Waals surface area contributed by atoms with Gasteiger partial charge >= 0.3 is 0 Å². The Morgan fingerprint density at radius 3 is 3.05 bits per heavy atom. The van der Waals surface area contributed by atoms with Gasteiger partial charge in [-0.1, -0.05) is 0 Å². The molecule has 0 radical (unpaired) electrons. The zero-order valence-electron chi connectivity index (χ0n) is 11.8. The van der Waals surface area contributed by atoms with Crippen molar-refractivity contribution >= 4 is 5.91 Å². The van der Waals surface area contributed by atoms with E-state index in [2.05, 4.69) is 4.90 Å². The number of hydrogen-bond donors (Lipinski definition) is 2. The smallest absolute Gasteiger partial charge is 0.221 e. The zero-order valence-corrected chi connectivity index (χ0v) is 11.8. The van der Waals surface area contributed by atoms with Crippen LogP contribution in [-0.4, -0.2) is 35.6 Å². The van der Waals surface area contributed by atoms with E-state index in [0.29, 0.717) is 19.7 Å². The van der Waals surface area contributed by atoms with Crippen LogP contribution < -0.4 is 10.5 Å². The molecule has 5 nitrogen and oxygen atoms in total. The molecule has 1 heterocycles. The monoisotopic (exact) mass is 278 g/mol. The number of phenols is 1. The molecule has 1 saturated heterocycles. The maximum absolute atomic E-state index is 11.3. The molecule has 5 heteroatoms. The van der Waals surface area contributed by atoms with Gasteiger partial charge in [0.1, 0.15) is 11.5 Å². The summed E-state index contributed by atoms with van der Waals surface area (Å²) >= 11 is 0. The van der Waals surface area contributed by atoms with E-state index in [1.54, 1.807) is 12.1 Å². The van der Waals surface area contributed by atoms with Crippen LogP contribution in [0.5, 0.6) is 11.5 Å². The van der Waals surface area contributed by atoms with Crippen LogP contribution in [0.25, 0.3) is 0 Å². The number of amides is 1. The number of primary amides is 1. The van der Waals surface area contributed by atoms with Crippen molar-refractivity contribution in [1.82, 2.24) is 4.90 Å². The Hall–Kier alpha value is -1.75. The lowest BCUT2D eigenvalue weighted by Crippen LogP contribution is -2.40. The number of aromatic hydroxyl groups is 1. The van der Waals surface area contributed by atoms with Gasteiger partial charge in [0, 0.05) is 18.7 Å². The molecule has 20 heavy (non-hydrogen) atoms. The Kier molecular flexibility index (Phi) is 4.84. The van der Waals surface area contributed by atoms with Gasteiger partial charge in [-0.2, -0.15) is 0 Å². The van der Waals surface area contributed by atoms with E-state index in [1.165, 1.54) is 0 Å². The van der Waals surface area contributed by atoms with E-state index in [1.807, 2.05) is 13.0 Å². The highest BCUT2D eigenvalue weighted by Crippen LogP contribution is 2.26. The van der Waals surface area contributed by atoms with Gasteiger partial charge in [-0.05, 0) is 44.5 Å². The van der Waals surface area contributed by atoms with Crippen molar-refractivity contribution in [1.29, 1.82) is 0 Å². The van der Waals surface area contributed by atoms with Crippen LogP contribution in [0.1, 0.15) is 25.3 Å². The Morgan fingerprint density at radius 2 is 2.35 bits per heavy atom. The fraction of sp³-hybridized carbons (Fsp3) is 0.533. The lowest BCUT2D eigenvalue weighted by molar-refractivity contribution is -0.123. The highest BCUT2D eigenvalue weighted by Gasteiger charge is 2.24. The summed E-state index contributed by atoms with van der Waals surface area (Å²) in [5.74, 6) is 0.696. The van der Waals surface area contributed by atoms with Gasteiger partial charge in [0.2, 0.25) is 5.91 Å². The van der Waals surface area contributed by atoms with Crippen molar-refractivity contribution < 1.29 is 14.6 Å². The number of piperidine rings is 1. The number of rotatable bonds is 5. The fourth-order valence-corrected chi connectivity index (χ4v) is 2.62. The molecule has 1 amide bonds. The van der Waals surface area contributed by atoms with Gasteiger partial charge in [-0.15, -0.1) is 0 Å². The van der Waals surface area contributed by atoms with Crippen LogP contribution in [0.15, 0.2) is 18.2 Å². The molecule has 0 spiro atoms. The number of carbonyl (C=O) groups excluding carboxylic acids is 1. The van der Waals surface area contributed by atoms with Gasteiger partial charge < -0.3 is 15.6 Å². The average Bonchev–Trinajstić information content (AvgIpc) is 2.43. The predicted molar refractivity (Wildman–Crippen MR) is 76.5 cm³/mol. The number of nitrogens with zero attached hydrogens (tertiary/aromatic N) is 1. The van der Waals surface area contributed by atoms with Gasteiger partial charge in [0.15, 0.2) is 0 Å². The molecule has 1 aromatic rings. The first-order valence-corrected chi connectivity index (χ1v) is 7.06. The molecule has 1 aromatic carbocycles. The summed E-state index contributed by atoms with van der Waals surface area (Å²) in [7, 11) is 0. The number of ether oxygens (including phenoxy) is 1. The van der Waals surface area contributed by atoms with E-state index in [4.69, 9.17) is 10.5 Å². The summed E-state index contributed by atoms with van der Waals surface area (Å²) in [5, 5.41) is 9.94. The molecule has 0 aliphatic carbocycles. The first-order chi connectivity index (χ1) is 9.60. The molecular weight excluding hydrogens is 256 g/mol. The van der Waals surface area contributed by atoms with Crippen LogP contribution in [0.3, 0.4) is 0 Å². The number of carbonyl (C=O) groups is 1. The molecule has 2 rings (SSSR count). The average molecular weight is 278 g/mol. The second-order valence-electron chi connectivity index (χ2n) is 5.20. The zero-order chi connectivity index (χ0) is 14.5. The SMILES string of the molecule is CCOc1ccc(O)c(CN2CCC[C@H](C(N)=O)C2)c1. The topological polar surface area (TPSA) is 75.8 Å². The molecule has 1 aliphatic rings. The van der Waals surface area contributed by atoms with Crippen LogP contribution in [0, 0.1) is 5.92 Å². The van der Waals surface area contributed by atoms with E-state index in [-0.39, 0.29) is 17.6 Å². The summed E-state index contributed by atoms with van der Waals surface area (Å²) < 4.78 is 5.45. The molecule has 0 aromatic heterocycles. The Balaban J connectivity index is 2.05. The van der Waals surface area contributed by atoms with Gasteiger partial charge in [0.25, 0.3) is 0 Å². The molecule has 3 N–H and O–H groups in total. The van der Waals surface area contributed by atoms with Crippen molar-refractivity contribution in [3.05, 3.63) is 23.8 Å². The van der Waals surface area contributed by atoms with Crippen LogP contribution in [0.2, 0.25) is 0 Å². The van der Waals surface area contributed by atoms with Crippen molar-refractivity contribution in [2.24, 2.45) is 11.7 Å². The molecule has 0 saturated carbocycles. The van der Waals surface area contributed by atoms with Crippen LogP contribution >= 0.6 is 0 Å². The normalized spacial score (nSPS) is 19.8. The molecular formula is C15H22N2O3. The number of likely N-dealkylation sites (tertiary alicyclic amines) is 1. The van der Waals surface area contributed by atoms with Crippen molar-refractivity contribution in [2.45, 2.75) is 26.3 Å². The third kappa shape index (κ3) is 3.63. The summed E-state index contributed by atoms with van der Waals surface area (Å²) in [6, 6.07) is 5.26. The van der Waals surface area contributed by atoms with E-state index in [0.717, 1.165) is 30.7 Å². The van der Waals surface area contributed by atoms with Gasteiger partial charge in [-0.3, -0.25) is 9.69 Å². The van der Waals surface area contributed by atoms with Crippen molar-refractivity contribution in [3.63, 3.8) is 0 Å². The summed E-state index contributed by atoms with van der Waals surface area (Å²) in [6.45, 7) is 4.71. The molecule has 0 unspecified atom stereocenters. The number of nitrogens with two attached hydrogens (primary N) is 1. The second kappa shape index (κ2) is 6.61. The maximum atomic E-state index is 11.3. The minimum Gasteiger partial charge on any atom is -0.508 e. The Labute approximate surface area is 119 Å². The van der Waals surface area contributed by atoms with Crippen LogP contribution in [-0.2, 0) is 11.3 Å². The van der Waals surface area contributed by atoms with Crippen molar-refractivity contribution in [2.75, 3.05) is 19.7 Å². The Morgan fingerprint density at radius 1 is 1.55 bits per heavy atom. The number of hydrogen-bond acceptors (Lipinski definition) is 4.